The van der Waals surface area contributed by atoms with Crippen molar-refractivity contribution in [3.8, 4) is 0 Å². The summed E-state index contributed by atoms with van der Waals surface area (Å²) in [7, 11) is 0. The van der Waals surface area contributed by atoms with Gasteiger partial charge in [0.05, 0.1) is 0 Å². The third-order valence-corrected chi connectivity index (χ3v) is 12.6. The number of unbranched alkanes of at least 4 members (excludes halogenated alkanes) is 1. The van der Waals surface area contributed by atoms with Crippen molar-refractivity contribution in [1.29, 1.82) is 0 Å². The van der Waals surface area contributed by atoms with E-state index in [0.29, 0.717) is 44.9 Å². The number of hydrogen-bond donors (Lipinski definition) is 4. The number of esters is 4. The Hall–Kier alpha value is -5.92. The Morgan fingerprint density at radius 1 is 0.595 bits per heavy atom. The molecule has 0 aliphatic heterocycles. The minimum atomic E-state index is -1.16. The lowest BCUT2D eigenvalue weighted by atomic mass is 9.62. The molecule has 4 amide bonds. The maximum atomic E-state index is 13.7. The Morgan fingerprint density at radius 3 is 1.41 bits per heavy atom. The predicted octanol–water partition coefficient (Wildman–Crippen LogP) is 7.63. The molecule has 2 fully saturated rings. The smallest absolute Gasteiger partial charge is 0.407 e. The quantitative estimate of drug-likeness (QED) is 0.0254. The molecular formula is C54H86N4O16. The minimum absolute atomic E-state index is 0.151. The summed E-state index contributed by atoms with van der Waals surface area (Å²) >= 11 is 0. The number of alkyl carbamates (subject to hydrolysis) is 3. The van der Waals surface area contributed by atoms with Gasteiger partial charge in [0.15, 0.2) is 12.2 Å². The second kappa shape index (κ2) is 28.1. The van der Waals surface area contributed by atoms with Crippen molar-refractivity contribution in [1.82, 2.24) is 21.3 Å². The highest BCUT2D eigenvalue weighted by atomic mass is 16.6. The first kappa shape index (κ1) is 64.2. The van der Waals surface area contributed by atoms with Gasteiger partial charge in [-0.3, -0.25) is 4.79 Å². The van der Waals surface area contributed by atoms with Crippen LogP contribution < -0.4 is 21.3 Å². The van der Waals surface area contributed by atoms with Crippen LogP contribution in [0.2, 0.25) is 0 Å². The van der Waals surface area contributed by atoms with Gasteiger partial charge in [0.1, 0.15) is 37.6 Å². The van der Waals surface area contributed by atoms with Crippen LogP contribution in [0.15, 0.2) is 49.6 Å². The number of rotatable bonds is 28. The highest BCUT2D eigenvalue weighted by Crippen LogP contribution is 2.47. The number of amides is 4. The van der Waals surface area contributed by atoms with Crippen LogP contribution in [-0.2, 0) is 61.9 Å². The van der Waals surface area contributed by atoms with E-state index in [2.05, 4.69) is 75.3 Å². The van der Waals surface area contributed by atoms with Crippen molar-refractivity contribution in [3.63, 3.8) is 0 Å². The van der Waals surface area contributed by atoms with Crippen LogP contribution >= 0.6 is 0 Å². The molecule has 2 saturated carbocycles. The molecule has 0 radical (unpaired) electrons. The van der Waals surface area contributed by atoms with E-state index in [9.17, 15) is 38.4 Å². The van der Waals surface area contributed by atoms with Gasteiger partial charge in [-0.25, -0.2) is 33.6 Å². The van der Waals surface area contributed by atoms with E-state index in [4.69, 9.17) is 37.9 Å². The topological polar surface area (TPSA) is 259 Å². The molecule has 20 heteroatoms. The fraction of sp³-hybridized carbons (Fsp3) is 0.704. The number of hydrogen-bond acceptors (Lipinski definition) is 16. The van der Waals surface area contributed by atoms with Gasteiger partial charge in [-0.2, -0.15) is 0 Å². The van der Waals surface area contributed by atoms with Gasteiger partial charge < -0.3 is 59.2 Å². The minimum Gasteiger partial charge on any atom is -0.458 e. The molecule has 0 saturated heterocycles. The zero-order valence-electron chi connectivity index (χ0n) is 46.1. The van der Waals surface area contributed by atoms with Crippen molar-refractivity contribution in [2.24, 2.45) is 21.7 Å². The summed E-state index contributed by atoms with van der Waals surface area (Å²) in [6.45, 7) is 35.5. The molecule has 2 aliphatic carbocycles. The number of carbonyl (C=O) groups excluding carboxylic acids is 8. The molecule has 2 rings (SSSR count). The van der Waals surface area contributed by atoms with Crippen molar-refractivity contribution < 1.29 is 76.3 Å². The Labute approximate surface area is 438 Å². The summed E-state index contributed by atoms with van der Waals surface area (Å²) in [4.78, 5) is 100. The first-order chi connectivity index (χ1) is 34.1. The Morgan fingerprint density at radius 2 is 1.00 bits per heavy atom. The molecule has 4 N–H and O–H groups in total. The van der Waals surface area contributed by atoms with E-state index in [1.807, 2.05) is 27.7 Å². The molecule has 0 bridgehead atoms. The molecule has 0 aromatic carbocycles. The van der Waals surface area contributed by atoms with Crippen molar-refractivity contribution in [2.75, 3.05) is 46.1 Å². The fourth-order valence-corrected chi connectivity index (χ4v) is 9.89. The van der Waals surface area contributed by atoms with E-state index in [1.165, 1.54) is 13.8 Å². The van der Waals surface area contributed by atoms with Gasteiger partial charge in [-0.1, -0.05) is 67.9 Å². The SMILES string of the molecule is C=CC(=O)OCC(COC(=O)C(=C)C)OC(=O)NCC1(C)CC(NC(=O)OC(C)(C)CCCCOC(C)(C)C(=O)NC2CC(C)(C)CC(C)(CNC(=O)OC(COC(=O)C=C)COC(=O)C(=C)C)C2)CC(C)(C)C1. The number of ether oxygens (including phenoxy) is 8. The van der Waals surface area contributed by atoms with Gasteiger partial charge in [0.25, 0.3) is 5.91 Å². The number of nitrogens with one attached hydrogen (secondary N) is 4. The first-order valence-corrected chi connectivity index (χ1v) is 25.2. The lowest BCUT2D eigenvalue weighted by Crippen LogP contribution is -2.54. The lowest BCUT2D eigenvalue weighted by molar-refractivity contribution is -0.148. The molecule has 0 spiro atoms. The van der Waals surface area contributed by atoms with Gasteiger partial charge in [-0.05, 0) is 121 Å². The Balaban J connectivity index is 1.88. The first-order valence-electron chi connectivity index (χ1n) is 25.2. The third-order valence-electron chi connectivity index (χ3n) is 12.6. The van der Waals surface area contributed by atoms with Gasteiger partial charge in [0.2, 0.25) is 0 Å². The third kappa shape index (κ3) is 24.4. The zero-order valence-corrected chi connectivity index (χ0v) is 46.1. The Bertz CT molecular complexity index is 2050. The van der Waals surface area contributed by atoms with E-state index in [-0.39, 0.29) is 86.1 Å². The molecule has 0 heterocycles. The monoisotopic (exact) mass is 1050 g/mol. The van der Waals surface area contributed by atoms with Gasteiger partial charge >= 0.3 is 42.2 Å². The van der Waals surface area contributed by atoms with Crippen molar-refractivity contribution in [2.45, 2.75) is 176 Å². The average molecular weight is 1050 g/mol. The summed E-state index contributed by atoms with van der Waals surface area (Å²) in [5.74, 6) is -3.11. The maximum absolute atomic E-state index is 13.7. The molecule has 6 unspecified atom stereocenters. The Kier molecular flexibility index (Phi) is 24.4. The van der Waals surface area contributed by atoms with Crippen LogP contribution in [0.5, 0.6) is 0 Å². The number of carbonyl (C=O) groups is 8. The van der Waals surface area contributed by atoms with Crippen LogP contribution in [0.25, 0.3) is 0 Å². The standard InChI is InChI=1S/C54H86N4O16/c1-17-41(59)67-27-39(29-69-43(61)35(3)4)72-46(64)55-33-53(15)25-37(23-49(7,8)31-53)57-45(63)52(13,14)71-22-20-19-21-51(11,12)74-48(66)58-38-24-50(9,10)32-54(16,26-38)34-56-47(65)73-40(28-68-42(60)18-2)30-70-44(62)36(5)6/h17-18,37-40H,1-3,5,19-34H2,4,6-16H3,(H,55,64)(H,56,65)(H,57,63)(H,58,66). The second-order valence-corrected chi connectivity index (χ2v) is 23.3. The molecular weight excluding hydrogens is 961 g/mol. The van der Waals surface area contributed by atoms with Crippen LogP contribution in [0.1, 0.15) is 141 Å². The molecule has 0 aromatic rings. The summed E-state index contributed by atoms with van der Waals surface area (Å²) < 4.78 is 43.3. The average Bonchev–Trinajstić information content (AvgIpc) is 3.26. The molecule has 2 aliphatic rings. The fourth-order valence-electron chi connectivity index (χ4n) is 9.89. The highest BCUT2D eigenvalue weighted by molar-refractivity contribution is 5.87. The van der Waals surface area contributed by atoms with E-state index in [1.54, 1.807) is 13.8 Å². The van der Waals surface area contributed by atoms with Crippen LogP contribution in [0, 0.1) is 21.7 Å². The molecule has 0 aromatic heterocycles. The van der Waals surface area contributed by atoms with E-state index < -0.39 is 76.4 Å². The summed E-state index contributed by atoms with van der Waals surface area (Å²) in [5.41, 5.74) is -2.98. The normalized spacial score (nSPS) is 21.8. The lowest BCUT2D eigenvalue weighted by Gasteiger charge is -2.47. The zero-order chi connectivity index (χ0) is 56.3. The van der Waals surface area contributed by atoms with E-state index in [0.717, 1.165) is 25.0 Å². The van der Waals surface area contributed by atoms with Crippen LogP contribution in [-0.4, -0.2) is 130 Å². The summed E-state index contributed by atoms with van der Waals surface area (Å²) in [5, 5.41) is 11.8. The van der Waals surface area contributed by atoms with Crippen molar-refractivity contribution in [3.05, 3.63) is 49.6 Å². The summed E-state index contributed by atoms with van der Waals surface area (Å²) in [6, 6.07) is -0.487. The highest BCUT2D eigenvalue weighted by Gasteiger charge is 2.45. The summed E-state index contributed by atoms with van der Waals surface area (Å²) in [6.07, 6.45) is 3.31. The second-order valence-electron chi connectivity index (χ2n) is 23.3. The van der Waals surface area contributed by atoms with E-state index >= 15 is 0 Å². The molecule has 6 atom stereocenters. The van der Waals surface area contributed by atoms with Crippen molar-refractivity contribution >= 4 is 48.1 Å². The van der Waals surface area contributed by atoms with Gasteiger partial charge in [-0.15, -0.1) is 0 Å². The van der Waals surface area contributed by atoms with Crippen LogP contribution in [0.3, 0.4) is 0 Å². The maximum Gasteiger partial charge on any atom is 0.407 e. The molecule has 74 heavy (non-hydrogen) atoms. The predicted molar refractivity (Wildman–Crippen MR) is 275 cm³/mol. The molecule has 418 valence electrons. The van der Waals surface area contributed by atoms with Crippen LogP contribution in [0.4, 0.5) is 14.4 Å². The van der Waals surface area contributed by atoms with Gasteiger partial charge in [0, 0.05) is 55.1 Å². The largest absolute Gasteiger partial charge is 0.458 e. The molecule has 20 nitrogen and oxygen atoms in total.